The van der Waals surface area contributed by atoms with E-state index in [9.17, 15) is 9.18 Å². The molecule has 3 nitrogen and oxygen atoms in total. The van der Waals surface area contributed by atoms with Gasteiger partial charge in [-0.2, -0.15) is 5.10 Å². The summed E-state index contributed by atoms with van der Waals surface area (Å²) < 4.78 is 12.7. The molecule has 0 bridgehead atoms. The number of carbonyl (C=O) groups is 1. The molecule has 1 N–H and O–H groups in total. The van der Waals surface area contributed by atoms with Crippen molar-refractivity contribution >= 4 is 23.7 Å². The highest BCUT2D eigenvalue weighted by Crippen LogP contribution is 2.14. The van der Waals surface area contributed by atoms with Crippen LogP contribution in [0.2, 0.25) is 5.02 Å². The molecule has 0 heterocycles. The highest BCUT2D eigenvalue weighted by Gasteiger charge is 2.07. The van der Waals surface area contributed by atoms with E-state index in [4.69, 9.17) is 11.6 Å². The van der Waals surface area contributed by atoms with Crippen LogP contribution < -0.4 is 5.43 Å². The summed E-state index contributed by atoms with van der Waals surface area (Å²) in [5.74, 6) is -0.721. The second kappa shape index (κ2) is 6.11. The minimum Gasteiger partial charge on any atom is -0.267 e. The molecule has 0 atom stereocenters. The fraction of sp³-hybridized carbons (Fsp3) is 0. The molecule has 96 valence electrons. The van der Waals surface area contributed by atoms with Gasteiger partial charge in [-0.15, -0.1) is 0 Å². The molecule has 0 spiro atoms. The second-order valence-electron chi connectivity index (χ2n) is 3.73. The predicted octanol–water partition coefficient (Wildman–Crippen LogP) is 3.24. The van der Waals surface area contributed by atoms with E-state index in [0.717, 1.165) is 0 Å². The zero-order valence-corrected chi connectivity index (χ0v) is 10.6. The Morgan fingerprint density at radius 2 is 1.84 bits per heavy atom. The summed E-state index contributed by atoms with van der Waals surface area (Å²) in [5.41, 5.74) is 3.38. The third-order valence-electron chi connectivity index (χ3n) is 2.37. The molecule has 0 radical (unpaired) electrons. The van der Waals surface area contributed by atoms with Crippen molar-refractivity contribution in [1.29, 1.82) is 0 Å². The van der Waals surface area contributed by atoms with Crippen LogP contribution in [-0.2, 0) is 0 Å². The average Bonchev–Trinajstić information content (AvgIpc) is 2.41. The van der Waals surface area contributed by atoms with Crippen LogP contribution in [0.5, 0.6) is 0 Å². The van der Waals surface area contributed by atoms with Gasteiger partial charge >= 0.3 is 0 Å². The second-order valence-corrected chi connectivity index (χ2v) is 4.14. The van der Waals surface area contributed by atoms with Crippen LogP contribution in [0, 0.1) is 5.82 Å². The normalized spacial score (nSPS) is 10.6. The summed E-state index contributed by atoms with van der Waals surface area (Å²) in [7, 11) is 0. The Morgan fingerprint density at radius 1 is 1.16 bits per heavy atom. The van der Waals surface area contributed by atoms with E-state index in [1.165, 1.54) is 18.3 Å². The van der Waals surface area contributed by atoms with Crippen molar-refractivity contribution in [2.45, 2.75) is 0 Å². The van der Waals surface area contributed by atoms with Crippen molar-refractivity contribution in [1.82, 2.24) is 5.43 Å². The minimum atomic E-state index is -0.399. The first kappa shape index (κ1) is 13.2. The number of nitrogens with one attached hydrogen (secondary N) is 1. The summed E-state index contributed by atoms with van der Waals surface area (Å²) in [6, 6.07) is 12.4. The van der Waals surface area contributed by atoms with Crippen LogP contribution >= 0.6 is 11.6 Å². The van der Waals surface area contributed by atoms with Gasteiger partial charge in [-0.3, -0.25) is 4.79 Å². The molecule has 5 heteroatoms. The van der Waals surface area contributed by atoms with Crippen LogP contribution in [0.25, 0.3) is 0 Å². The molecule has 2 aromatic carbocycles. The summed E-state index contributed by atoms with van der Waals surface area (Å²) in [6.45, 7) is 0. The van der Waals surface area contributed by atoms with E-state index in [1.807, 2.05) is 0 Å². The van der Waals surface area contributed by atoms with Crippen LogP contribution in [0.4, 0.5) is 4.39 Å². The van der Waals surface area contributed by atoms with Gasteiger partial charge < -0.3 is 0 Å². The van der Waals surface area contributed by atoms with Gasteiger partial charge in [-0.05, 0) is 29.8 Å². The van der Waals surface area contributed by atoms with Crippen LogP contribution in [0.1, 0.15) is 15.9 Å². The molecule has 2 aromatic rings. The summed E-state index contributed by atoms with van der Waals surface area (Å²) in [6.07, 6.45) is 1.42. The van der Waals surface area contributed by atoms with E-state index in [1.54, 1.807) is 36.4 Å². The van der Waals surface area contributed by atoms with Gasteiger partial charge in [0.15, 0.2) is 0 Å². The predicted molar refractivity (Wildman–Crippen MR) is 72.9 cm³/mol. The molecular weight excluding hydrogens is 267 g/mol. The lowest BCUT2D eigenvalue weighted by atomic mass is 10.2. The van der Waals surface area contributed by atoms with Crippen molar-refractivity contribution in [3.63, 3.8) is 0 Å². The highest BCUT2D eigenvalue weighted by atomic mass is 35.5. The molecular formula is C14H10ClFN2O. The third-order valence-corrected chi connectivity index (χ3v) is 2.70. The standard InChI is InChI=1S/C14H10ClFN2O/c15-13-4-2-1-3-12(13)14(19)18-17-9-10-5-7-11(16)8-6-10/h1-9H,(H,18,19). The van der Waals surface area contributed by atoms with E-state index in [0.29, 0.717) is 16.1 Å². The van der Waals surface area contributed by atoms with Gasteiger partial charge in [-0.25, -0.2) is 9.82 Å². The summed E-state index contributed by atoms with van der Waals surface area (Å²) >= 11 is 5.88. The van der Waals surface area contributed by atoms with Crippen LogP contribution in [-0.4, -0.2) is 12.1 Å². The third kappa shape index (κ3) is 3.63. The molecule has 0 aromatic heterocycles. The van der Waals surface area contributed by atoms with Gasteiger partial charge in [0.1, 0.15) is 5.82 Å². The lowest BCUT2D eigenvalue weighted by molar-refractivity contribution is 0.0955. The highest BCUT2D eigenvalue weighted by molar-refractivity contribution is 6.33. The van der Waals surface area contributed by atoms with Gasteiger partial charge in [0, 0.05) is 0 Å². The fourth-order valence-corrected chi connectivity index (χ4v) is 1.64. The molecule has 0 aliphatic heterocycles. The van der Waals surface area contributed by atoms with Crippen molar-refractivity contribution in [3.8, 4) is 0 Å². The first-order chi connectivity index (χ1) is 9.16. The van der Waals surface area contributed by atoms with Crippen LogP contribution in [0.3, 0.4) is 0 Å². The number of carbonyl (C=O) groups excluding carboxylic acids is 1. The molecule has 0 fully saturated rings. The Bertz CT molecular complexity index is 611. The van der Waals surface area contributed by atoms with Gasteiger partial charge in [0.2, 0.25) is 0 Å². The maximum Gasteiger partial charge on any atom is 0.272 e. The summed E-state index contributed by atoms with van der Waals surface area (Å²) in [4.78, 5) is 11.7. The molecule has 0 saturated carbocycles. The zero-order valence-electron chi connectivity index (χ0n) is 9.81. The van der Waals surface area contributed by atoms with Crippen molar-refractivity contribution in [2.75, 3.05) is 0 Å². The van der Waals surface area contributed by atoms with E-state index in [2.05, 4.69) is 10.5 Å². The summed E-state index contributed by atoms with van der Waals surface area (Å²) in [5, 5.41) is 4.14. The first-order valence-electron chi connectivity index (χ1n) is 5.50. The molecule has 0 aliphatic carbocycles. The Morgan fingerprint density at radius 3 is 2.53 bits per heavy atom. The number of halogens is 2. The quantitative estimate of drug-likeness (QED) is 0.679. The smallest absolute Gasteiger partial charge is 0.267 e. The Hall–Kier alpha value is -2.20. The number of rotatable bonds is 3. The van der Waals surface area contributed by atoms with Gasteiger partial charge in [0.25, 0.3) is 5.91 Å². The lowest BCUT2D eigenvalue weighted by Gasteiger charge is -2.01. The Kier molecular flexibility index (Phi) is 4.26. The Labute approximate surface area is 114 Å². The number of amides is 1. The topological polar surface area (TPSA) is 41.5 Å². The van der Waals surface area contributed by atoms with Crippen molar-refractivity contribution < 1.29 is 9.18 Å². The minimum absolute atomic E-state index is 0.322. The molecule has 0 saturated heterocycles. The Balaban J connectivity index is 2.01. The van der Waals surface area contributed by atoms with Crippen molar-refractivity contribution in [2.24, 2.45) is 5.10 Å². The molecule has 0 unspecified atom stereocenters. The molecule has 1 amide bonds. The SMILES string of the molecule is O=C(NN=Cc1ccc(F)cc1)c1ccccc1Cl. The lowest BCUT2D eigenvalue weighted by Crippen LogP contribution is -2.17. The van der Waals surface area contributed by atoms with Gasteiger partial charge in [-0.1, -0.05) is 35.9 Å². The number of benzene rings is 2. The maximum absolute atomic E-state index is 12.7. The van der Waals surface area contributed by atoms with E-state index < -0.39 is 5.91 Å². The first-order valence-corrected chi connectivity index (χ1v) is 5.88. The number of hydrogen-bond donors (Lipinski definition) is 1. The van der Waals surface area contributed by atoms with Crippen LogP contribution in [0.15, 0.2) is 53.6 Å². The van der Waals surface area contributed by atoms with E-state index >= 15 is 0 Å². The number of nitrogens with zero attached hydrogens (tertiary/aromatic N) is 1. The number of hydrazone groups is 1. The van der Waals surface area contributed by atoms with Crippen molar-refractivity contribution in [3.05, 3.63) is 70.5 Å². The largest absolute Gasteiger partial charge is 0.272 e. The average molecular weight is 277 g/mol. The molecule has 19 heavy (non-hydrogen) atoms. The fourth-order valence-electron chi connectivity index (χ4n) is 1.42. The molecule has 0 aliphatic rings. The monoisotopic (exact) mass is 276 g/mol. The number of hydrogen-bond acceptors (Lipinski definition) is 2. The van der Waals surface area contributed by atoms with E-state index in [-0.39, 0.29) is 5.82 Å². The maximum atomic E-state index is 12.7. The molecule has 2 rings (SSSR count). The zero-order chi connectivity index (χ0) is 13.7. The van der Waals surface area contributed by atoms with Gasteiger partial charge in [0.05, 0.1) is 16.8 Å².